The molecule has 0 N–H and O–H groups in total. The van der Waals surface area contributed by atoms with Gasteiger partial charge in [-0.25, -0.2) is 0 Å². The summed E-state index contributed by atoms with van der Waals surface area (Å²) < 4.78 is 12.1. The molecule has 1 fully saturated rings. The van der Waals surface area contributed by atoms with E-state index in [4.69, 9.17) is 5.26 Å². The molecule has 0 aromatic rings. The summed E-state index contributed by atoms with van der Waals surface area (Å²) in [5, 5.41) is 9.27. The van der Waals surface area contributed by atoms with E-state index in [9.17, 15) is 4.21 Å². The summed E-state index contributed by atoms with van der Waals surface area (Å²) in [6, 6.07) is 2.30. The normalized spacial score (nSPS) is 31.4. The van der Waals surface area contributed by atoms with Gasteiger partial charge in [-0.05, 0) is 18.8 Å². The van der Waals surface area contributed by atoms with Gasteiger partial charge in [0.1, 0.15) is 0 Å². The third-order valence-electron chi connectivity index (χ3n) is 3.22. The molecule has 0 aliphatic heterocycles. The van der Waals surface area contributed by atoms with E-state index in [1.807, 2.05) is 6.92 Å². The first-order valence-corrected chi connectivity index (χ1v) is 6.64. The van der Waals surface area contributed by atoms with Gasteiger partial charge in [0.25, 0.3) is 0 Å². The highest BCUT2D eigenvalue weighted by Gasteiger charge is 2.34. The van der Waals surface area contributed by atoms with E-state index >= 15 is 0 Å². The van der Waals surface area contributed by atoms with Crippen molar-refractivity contribution in [2.45, 2.75) is 50.5 Å². The third-order valence-corrected chi connectivity index (χ3v) is 5.66. The fourth-order valence-electron chi connectivity index (χ4n) is 1.90. The highest BCUT2D eigenvalue weighted by atomic mass is 32.2. The highest BCUT2D eigenvalue weighted by Crippen LogP contribution is 2.31. The van der Waals surface area contributed by atoms with Crippen LogP contribution in [0.2, 0.25) is 0 Å². The average molecular weight is 213 g/mol. The average Bonchev–Trinajstić information content (AvgIpc) is 2.62. The standard InChI is InChI=1S/C11H19NOS/c1-8(2)9(3)14(13)11-6-4-5-10(11)7-12/h8-11H,4-6H2,1-3H3. The van der Waals surface area contributed by atoms with Crippen LogP contribution in [0.25, 0.3) is 0 Å². The zero-order valence-corrected chi connectivity index (χ0v) is 10.0. The maximum Gasteiger partial charge on any atom is 0.0668 e. The zero-order valence-electron chi connectivity index (χ0n) is 9.19. The molecule has 1 rings (SSSR count). The van der Waals surface area contributed by atoms with Crippen molar-refractivity contribution in [1.29, 1.82) is 5.26 Å². The third kappa shape index (κ3) is 2.36. The first-order valence-electron chi connectivity index (χ1n) is 5.37. The van der Waals surface area contributed by atoms with Crippen LogP contribution in [0, 0.1) is 23.2 Å². The summed E-state index contributed by atoms with van der Waals surface area (Å²) >= 11 is 0. The highest BCUT2D eigenvalue weighted by molar-refractivity contribution is 7.86. The molecule has 0 amide bonds. The van der Waals surface area contributed by atoms with Crippen molar-refractivity contribution in [1.82, 2.24) is 0 Å². The van der Waals surface area contributed by atoms with Gasteiger partial charge in [-0.3, -0.25) is 4.21 Å². The Hall–Kier alpha value is -0.360. The minimum Gasteiger partial charge on any atom is -0.259 e. The van der Waals surface area contributed by atoms with Crippen LogP contribution in [-0.2, 0) is 10.8 Å². The van der Waals surface area contributed by atoms with Crippen molar-refractivity contribution in [3.05, 3.63) is 0 Å². The molecular weight excluding hydrogens is 194 g/mol. The van der Waals surface area contributed by atoms with Crippen LogP contribution in [-0.4, -0.2) is 14.7 Å². The fraction of sp³-hybridized carbons (Fsp3) is 0.909. The quantitative estimate of drug-likeness (QED) is 0.722. The summed E-state index contributed by atoms with van der Waals surface area (Å²) in [6.45, 7) is 6.23. The molecule has 0 spiro atoms. The Morgan fingerprint density at radius 3 is 2.50 bits per heavy atom. The predicted molar refractivity (Wildman–Crippen MR) is 59.2 cm³/mol. The van der Waals surface area contributed by atoms with Gasteiger partial charge in [0.15, 0.2) is 0 Å². The second-order valence-electron chi connectivity index (χ2n) is 4.48. The van der Waals surface area contributed by atoms with Gasteiger partial charge in [0.2, 0.25) is 0 Å². The van der Waals surface area contributed by atoms with Crippen molar-refractivity contribution in [2.75, 3.05) is 0 Å². The summed E-state index contributed by atoms with van der Waals surface area (Å²) in [7, 11) is -0.823. The molecule has 80 valence electrons. The molecule has 1 aliphatic carbocycles. The largest absolute Gasteiger partial charge is 0.259 e. The van der Waals surface area contributed by atoms with Crippen LogP contribution < -0.4 is 0 Å². The Labute approximate surface area is 89.1 Å². The Morgan fingerprint density at radius 1 is 1.36 bits per heavy atom. The minimum atomic E-state index is -0.823. The van der Waals surface area contributed by atoms with Gasteiger partial charge >= 0.3 is 0 Å². The Bertz CT molecular complexity index is 257. The first-order chi connectivity index (χ1) is 6.57. The van der Waals surface area contributed by atoms with Crippen LogP contribution >= 0.6 is 0 Å². The number of rotatable bonds is 3. The lowest BCUT2D eigenvalue weighted by Crippen LogP contribution is -2.29. The van der Waals surface area contributed by atoms with Crippen molar-refractivity contribution < 1.29 is 4.21 Å². The lowest BCUT2D eigenvalue weighted by molar-refractivity contribution is 0.585. The lowest BCUT2D eigenvalue weighted by atomic mass is 10.1. The van der Waals surface area contributed by atoms with Crippen molar-refractivity contribution >= 4 is 10.8 Å². The van der Waals surface area contributed by atoms with Crippen molar-refractivity contribution in [3.63, 3.8) is 0 Å². The summed E-state index contributed by atoms with van der Waals surface area (Å²) in [5.41, 5.74) is 0. The molecular formula is C11H19NOS. The van der Waals surface area contributed by atoms with E-state index in [-0.39, 0.29) is 16.4 Å². The van der Waals surface area contributed by atoms with E-state index < -0.39 is 10.8 Å². The van der Waals surface area contributed by atoms with Gasteiger partial charge in [-0.15, -0.1) is 0 Å². The van der Waals surface area contributed by atoms with E-state index in [0.29, 0.717) is 5.92 Å². The van der Waals surface area contributed by atoms with E-state index in [2.05, 4.69) is 19.9 Å². The molecule has 3 heteroatoms. The number of nitriles is 1. The molecule has 0 aromatic heterocycles. The molecule has 14 heavy (non-hydrogen) atoms. The van der Waals surface area contributed by atoms with Crippen LogP contribution in [0.3, 0.4) is 0 Å². The van der Waals surface area contributed by atoms with E-state index in [1.165, 1.54) is 0 Å². The number of hydrogen-bond acceptors (Lipinski definition) is 2. The van der Waals surface area contributed by atoms with Gasteiger partial charge in [-0.1, -0.05) is 27.2 Å². The van der Waals surface area contributed by atoms with E-state index in [1.54, 1.807) is 0 Å². The monoisotopic (exact) mass is 213 g/mol. The summed E-state index contributed by atoms with van der Waals surface area (Å²) in [4.78, 5) is 0. The molecule has 0 heterocycles. The maximum atomic E-state index is 12.1. The molecule has 2 nitrogen and oxygen atoms in total. The van der Waals surface area contributed by atoms with Crippen LogP contribution in [0.5, 0.6) is 0 Å². The van der Waals surface area contributed by atoms with Gasteiger partial charge < -0.3 is 0 Å². The molecule has 0 radical (unpaired) electrons. The smallest absolute Gasteiger partial charge is 0.0668 e. The van der Waals surface area contributed by atoms with Gasteiger partial charge in [0.05, 0.1) is 17.2 Å². The summed E-state index contributed by atoms with van der Waals surface area (Å²) in [5.74, 6) is 0.479. The summed E-state index contributed by atoms with van der Waals surface area (Å²) in [6.07, 6.45) is 2.99. The number of hydrogen-bond donors (Lipinski definition) is 0. The Kier molecular flexibility index (Phi) is 4.12. The second-order valence-corrected chi connectivity index (χ2v) is 6.49. The molecule has 1 saturated carbocycles. The van der Waals surface area contributed by atoms with Crippen LogP contribution in [0.1, 0.15) is 40.0 Å². The topological polar surface area (TPSA) is 40.9 Å². The molecule has 0 aromatic carbocycles. The van der Waals surface area contributed by atoms with Crippen molar-refractivity contribution in [2.24, 2.45) is 11.8 Å². The Morgan fingerprint density at radius 2 is 2.00 bits per heavy atom. The number of nitrogens with zero attached hydrogens (tertiary/aromatic N) is 1. The van der Waals surface area contributed by atoms with Gasteiger partial charge in [-0.2, -0.15) is 5.26 Å². The molecule has 0 bridgehead atoms. The second kappa shape index (κ2) is 4.93. The first kappa shape index (κ1) is 11.7. The molecule has 4 unspecified atom stereocenters. The van der Waals surface area contributed by atoms with E-state index in [0.717, 1.165) is 19.3 Å². The Balaban J connectivity index is 2.65. The molecule has 0 saturated heterocycles. The maximum absolute atomic E-state index is 12.1. The lowest BCUT2D eigenvalue weighted by Gasteiger charge is -2.21. The molecule has 4 atom stereocenters. The fourth-order valence-corrected chi connectivity index (χ4v) is 3.90. The SMILES string of the molecule is CC(C)C(C)S(=O)C1CCCC1C#N. The zero-order chi connectivity index (χ0) is 10.7. The van der Waals surface area contributed by atoms with Crippen LogP contribution in [0.15, 0.2) is 0 Å². The van der Waals surface area contributed by atoms with Crippen molar-refractivity contribution in [3.8, 4) is 6.07 Å². The minimum absolute atomic E-state index is 0.0389. The van der Waals surface area contributed by atoms with Gasteiger partial charge in [0, 0.05) is 16.0 Å². The predicted octanol–water partition coefficient (Wildman–Crippen LogP) is 2.47. The van der Waals surface area contributed by atoms with Crippen LogP contribution in [0.4, 0.5) is 0 Å². The molecule has 1 aliphatic rings.